The second-order valence-electron chi connectivity index (χ2n) is 11.0. The van der Waals surface area contributed by atoms with Crippen LogP contribution in [0.15, 0.2) is 70.1 Å². The smallest absolute Gasteiger partial charge is 0.269 e. The number of nitrogens with one attached hydrogen (secondary N) is 1. The number of rotatable bonds is 6. The topological polar surface area (TPSA) is 167 Å². The van der Waals surface area contributed by atoms with Crippen molar-refractivity contribution in [3.8, 4) is 5.69 Å². The summed E-state index contributed by atoms with van der Waals surface area (Å²) >= 11 is 6.00. The first-order valence-corrected chi connectivity index (χ1v) is 15.1. The molecule has 41 heavy (non-hydrogen) atoms. The van der Waals surface area contributed by atoms with Crippen molar-refractivity contribution in [1.29, 1.82) is 0 Å². The summed E-state index contributed by atoms with van der Waals surface area (Å²) in [4.78, 5) is 37.4. The molecule has 0 saturated carbocycles. The third kappa shape index (κ3) is 5.02. The number of nitrogens with two attached hydrogens (primary N) is 1. The molecule has 0 saturated heterocycles. The molecule has 3 N–H and O–H groups in total. The number of carbonyl (C=O) groups excluding carboxylic acids is 2. The maximum atomic E-state index is 13.6. The van der Waals surface area contributed by atoms with E-state index in [1.807, 2.05) is 19.1 Å². The maximum absolute atomic E-state index is 13.6. The fourth-order valence-corrected chi connectivity index (χ4v) is 6.38. The Morgan fingerprint density at radius 2 is 1.85 bits per heavy atom. The Bertz CT molecular complexity index is 1740. The maximum Gasteiger partial charge on any atom is 0.269 e. The van der Waals surface area contributed by atoms with E-state index in [0.29, 0.717) is 36.2 Å². The standard InChI is InChI=1S/C28H28ClN5O6S/c1-27(31-26(36)28(2)13-11-17(29)14-22(28)34(37)38)12-10-16-4-9-20-23(25(30)35)32-33(24(20)21(16)15-27)18-5-7-19(8-6-18)41(3,39)40/h5-8,10-14,22H,4,9,15H2,1-3H3,(H2,30,35)(H,31,36). The lowest BCUT2D eigenvalue weighted by Crippen LogP contribution is -2.55. The number of amides is 2. The third-order valence-electron chi connectivity index (χ3n) is 7.88. The number of nitrogens with zero attached hydrogens (tertiary/aromatic N) is 3. The van der Waals surface area contributed by atoms with Gasteiger partial charge in [0.2, 0.25) is 11.9 Å². The lowest BCUT2D eigenvalue weighted by Gasteiger charge is -2.38. The zero-order valence-electron chi connectivity index (χ0n) is 22.5. The number of benzene rings is 1. The van der Waals surface area contributed by atoms with Crippen LogP contribution in [0.4, 0.5) is 0 Å². The largest absolute Gasteiger partial charge is 0.364 e. The van der Waals surface area contributed by atoms with Crippen molar-refractivity contribution in [3.05, 3.63) is 92.3 Å². The number of hydrogen-bond acceptors (Lipinski definition) is 7. The monoisotopic (exact) mass is 597 g/mol. The molecule has 1 aromatic heterocycles. The number of primary amides is 1. The number of allylic oxidation sites excluding steroid dienone is 4. The highest BCUT2D eigenvalue weighted by Crippen LogP contribution is 2.43. The first kappa shape index (κ1) is 28.5. The van der Waals surface area contributed by atoms with Gasteiger partial charge in [-0.2, -0.15) is 5.10 Å². The molecule has 2 aromatic rings. The minimum atomic E-state index is -3.42. The molecule has 3 aliphatic carbocycles. The molecule has 0 spiro atoms. The Kier molecular flexibility index (Phi) is 6.82. The summed E-state index contributed by atoms with van der Waals surface area (Å²) in [7, 11) is -3.42. The van der Waals surface area contributed by atoms with Crippen LogP contribution in [0.1, 0.15) is 48.4 Å². The van der Waals surface area contributed by atoms with Gasteiger partial charge >= 0.3 is 0 Å². The van der Waals surface area contributed by atoms with Gasteiger partial charge in [0, 0.05) is 34.3 Å². The first-order valence-electron chi connectivity index (χ1n) is 12.8. The second-order valence-corrected chi connectivity index (χ2v) is 13.5. The summed E-state index contributed by atoms with van der Waals surface area (Å²) in [6.45, 7) is 3.32. The highest BCUT2D eigenvalue weighted by atomic mass is 35.5. The summed E-state index contributed by atoms with van der Waals surface area (Å²) in [6, 6.07) is 4.81. The second kappa shape index (κ2) is 9.81. The number of aromatic nitrogens is 2. The quantitative estimate of drug-likeness (QED) is 0.380. The molecule has 13 heteroatoms. The van der Waals surface area contributed by atoms with E-state index >= 15 is 0 Å². The molecular formula is C28H28ClN5O6S. The van der Waals surface area contributed by atoms with Gasteiger partial charge in [-0.3, -0.25) is 19.7 Å². The van der Waals surface area contributed by atoms with Gasteiger partial charge in [0.25, 0.3) is 5.91 Å². The molecule has 1 aromatic carbocycles. The zero-order chi connectivity index (χ0) is 29.9. The average molecular weight is 598 g/mol. The number of sulfone groups is 1. The molecule has 3 aliphatic rings. The summed E-state index contributed by atoms with van der Waals surface area (Å²) < 4.78 is 25.5. The van der Waals surface area contributed by atoms with Crippen molar-refractivity contribution in [2.75, 3.05) is 6.26 Å². The van der Waals surface area contributed by atoms with Crippen molar-refractivity contribution >= 4 is 38.8 Å². The summed E-state index contributed by atoms with van der Waals surface area (Å²) in [5.74, 6) is -1.22. The van der Waals surface area contributed by atoms with Gasteiger partial charge in [0.15, 0.2) is 15.5 Å². The molecule has 11 nitrogen and oxygen atoms in total. The normalized spacial score (nSPS) is 25.3. The molecule has 1 heterocycles. The van der Waals surface area contributed by atoms with Gasteiger partial charge in [0.1, 0.15) is 5.41 Å². The van der Waals surface area contributed by atoms with Crippen molar-refractivity contribution < 1.29 is 22.9 Å². The van der Waals surface area contributed by atoms with E-state index < -0.39 is 43.6 Å². The molecule has 0 bridgehead atoms. The van der Waals surface area contributed by atoms with Crippen LogP contribution in [0.25, 0.3) is 11.3 Å². The lowest BCUT2D eigenvalue weighted by atomic mass is 9.75. The molecular weight excluding hydrogens is 570 g/mol. The first-order chi connectivity index (χ1) is 19.1. The van der Waals surface area contributed by atoms with Crippen LogP contribution in [-0.4, -0.2) is 52.8 Å². The van der Waals surface area contributed by atoms with Gasteiger partial charge in [0.05, 0.1) is 21.8 Å². The van der Waals surface area contributed by atoms with E-state index in [2.05, 4.69) is 10.4 Å². The van der Waals surface area contributed by atoms with Crippen LogP contribution in [0.5, 0.6) is 0 Å². The van der Waals surface area contributed by atoms with E-state index in [1.54, 1.807) is 16.8 Å². The van der Waals surface area contributed by atoms with E-state index in [4.69, 9.17) is 17.3 Å². The van der Waals surface area contributed by atoms with Crippen LogP contribution in [0, 0.1) is 15.5 Å². The van der Waals surface area contributed by atoms with Crippen LogP contribution in [0.3, 0.4) is 0 Å². The van der Waals surface area contributed by atoms with Crippen molar-refractivity contribution in [1.82, 2.24) is 15.1 Å². The summed E-state index contributed by atoms with van der Waals surface area (Å²) in [5.41, 5.74) is 7.08. The Hall–Kier alpha value is -4.03. The van der Waals surface area contributed by atoms with E-state index in [9.17, 15) is 28.1 Å². The predicted octanol–water partition coefficient (Wildman–Crippen LogP) is 3.25. The number of nitro groups is 1. The average Bonchev–Trinajstić information content (AvgIpc) is 3.30. The van der Waals surface area contributed by atoms with Gasteiger partial charge in [-0.05, 0) is 68.2 Å². The van der Waals surface area contributed by atoms with Crippen LogP contribution < -0.4 is 11.1 Å². The number of halogens is 1. The fourth-order valence-electron chi connectivity index (χ4n) is 5.57. The van der Waals surface area contributed by atoms with Crippen LogP contribution in [0.2, 0.25) is 0 Å². The predicted molar refractivity (Wildman–Crippen MR) is 153 cm³/mol. The van der Waals surface area contributed by atoms with Gasteiger partial charge in [-0.1, -0.05) is 29.8 Å². The Morgan fingerprint density at radius 3 is 2.46 bits per heavy atom. The van der Waals surface area contributed by atoms with Gasteiger partial charge in [-0.25, -0.2) is 13.1 Å². The van der Waals surface area contributed by atoms with Crippen molar-refractivity contribution in [2.24, 2.45) is 11.1 Å². The van der Waals surface area contributed by atoms with Gasteiger partial charge < -0.3 is 11.1 Å². The van der Waals surface area contributed by atoms with Gasteiger partial charge in [-0.15, -0.1) is 0 Å². The fraction of sp³-hybridized carbons (Fsp3) is 0.321. The Labute approximate surface area is 241 Å². The summed E-state index contributed by atoms with van der Waals surface area (Å²) in [6.07, 6.45) is 10.5. The summed E-state index contributed by atoms with van der Waals surface area (Å²) in [5, 5.41) is 19.5. The minimum Gasteiger partial charge on any atom is -0.364 e. The highest BCUT2D eigenvalue weighted by molar-refractivity contribution is 7.90. The minimum absolute atomic E-state index is 0.122. The molecule has 5 rings (SSSR count). The van der Waals surface area contributed by atoms with E-state index in [-0.39, 0.29) is 15.6 Å². The zero-order valence-corrected chi connectivity index (χ0v) is 24.1. The number of hydrogen-bond donors (Lipinski definition) is 2. The highest BCUT2D eigenvalue weighted by Gasteiger charge is 2.49. The lowest BCUT2D eigenvalue weighted by molar-refractivity contribution is -0.521. The Balaban J connectivity index is 1.53. The molecule has 214 valence electrons. The third-order valence-corrected chi connectivity index (χ3v) is 9.26. The van der Waals surface area contributed by atoms with E-state index in [1.165, 1.54) is 37.3 Å². The molecule has 2 amide bonds. The SMILES string of the molecule is CC1(NC(=O)C2(C)C=CC(Cl)=CC2[N+](=O)[O-])C=CC2=C(C1)c1c(c(C(N)=O)nn1-c1ccc(S(C)(=O)=O)cc1)CC2. The van der Waals surface area contributed by atoms with E-state index in [0.717, 1.165) is 17.4 Å². The number of fused-ring (bicyclic) bond motifs is 2. The molecule has 3 unspecified atom stereocenters. The number of carbonyl (C=O) groups is 2. The molecule has 3 atom stereocenters. The van der Waals surface area contributed by atoms with Crippen LogP contribution in [-0.2, 0) is 21.1 Å². The van der Waals surface area contributed by atoms with Crippen molar-refractivity contribution in [2.45, 2.75) is 49.6 Å². The molecule has 0 fully saturated rings. The molecule has 0 radical (unpaired) electrons. The van der Waals surface area contributed by atoms with Crippen LogP contribution >= 0.6 is 11.6 Å². The Morgan fingerprint density at radius 1 is 1.17 bits per heavy atom. The van der Waals surface area contributed by atoms with Crippen molar-refractivity contribution in [3.63, 3.8) is 0 Å². The molecule has 0 aliphatic heterocycles.